The summed E-state index contributed by atoms with van der Waals surface area (Å²) in [5.74, 6) is 0.0418. The average Bonchev–Trinajstić information content (AvgIpc) is 3.15. The third-order valence-electron chi connectivity index (χ3n) is 7.00. The molecule has 2 N–H and O–H groups in total. The zero-order chi connectivity index (χ0) is 27.1. The molecule has 0 spiro atoms. The van der Waals surface area contributed by atoms with Crippen molar-refractivity contribution in [2.45, 2.75) is 40.0 Å². The van der Waals surface area contributed by atoms with Crippen LogP contribution in [0.15, 0.2) is 48.5 Å². The van der Waals surface area contributed by atoms with Crippen LogP contribution in [-0.4, -0.2) is 79.9 Å². The van der Waals surface area contributed by atoms with E-state index in [1.54, 1.807) is 0 Å². The summed E-state index contributed by atoms with van der Waals surface area (Å²) in [6, 6.07) is 15.3. The second-order valence-electron chi connectivity index (χ2n) is 11.4. The Balaban J connectivity index is 1.54. The minimum Gasteiger partial charge on any atom is -0.368 e. The highest BCUT2D eigenvalue weighted by Crippen LogP contribution is 2.30. The number of piperazine rings is 1. The van der Waals surface area contributed by atoms with Gasteiger partial charge >= 0.3 is 0 Å². The molecule has 204 valence electrons. The van der Waals surface area contributed by atoms with Gasteiger partial charge < -0.3 is 25.3 Å². The molecule has 4 rings (SSSR count). The molecule has 2 aromatic rings. The van der Waals surface area contributed by atoms with Gasteiger partial charge in [-0.3, -0.25) is 14.4 Å². The normalized spacial score (nSPS) is 16.7. The van der Waals surface area contributed by atoms with Crippen molar-refractivity contribution in [2.75, 3.05) is 62.6 Å². The van der Waals surface area contributed by atoms with E-state index < -0.39 is 0 Å². The summed E-state index contributed by atoms with van der Waals surface area (Å²) >= 11 is 0. The quantitative estimate of drug-likeness (QED) is 0.611. The highest BCUT2D eigenvalue weighted by molar-refractivity contribution is 6.00. The minimum absolute atomic E-state index is 0.0218. The van der Waals surface area contributed by atoms with Crippen molar-refractivity contribution >= 4 is 29.1 Å². The lowest BCUT2D eigenvalue weighted by Crippen LogP contribution is -2.46. The van der Waals surface area contributed by atoms with Gasteiger partial charge in [0.2, 0.25) is 11.8 Å². The Hall–Kier alpha value is -3.39. The molecular formula is C30H41N5O3. The molecule has 0 radical (unpaired) electrons. The van der Waals surface area contributed by atoms with Gasteiger partial charge in [0.15, 0.2) is 0 Å². The standard InChI is InChI=1S/C30H41N5O3/c1-30(2,3)22-28(37)34-15-7-14-33(18-19-34)26-11-10-24(29(38)35-16-12-31-13-17-35)21-25(26)32-27(36)20-23-8-5-4-6-9-23/h4-6,8-11,21,31H,7,12-20,22H2,1-3H3,(H,32,36). The predicted octanol–water partition coefficient (Wildman–Crippen LogP) is 3.39. The van der Waals surface area contributed by atoms with E-state index in [4.69, 9.17) is 0 Å². The molecule has 3 amide bonds. The van der Waals surface area contributed by atoms with E-state index in [-0.39, 0.29) is 29.6 Å². The number of rotatable bonds is 6. The predicted molar refractivity (Wildman–Crippen MR) is 151 cm³/mol. The molecule has 2 aliphatic rings. The number of amides is 3. The molecule has 0 atom stereocenters. The van der Waals surface area contributed by atoms with Crippen LogP contribution in [0.3, 0.4) is 0 Å². The first-order valence-electron chi connectivity index (χ1n) is 13.7. The minimum atomic E-state index is -0.124. The molecule has 0 bridgehead atoms. The van der Waals surface area contributed by atoms with Crippen molar-refractivity contribution in [3.8, 4) is 0 Å². The third kappa shape index (κ3) is 7.57. The summed E-state index contributed by atoms with van der Waals surface area (Å²) in [7, 11) is 0. The highest BCUT2D eigenvalue weighted by atomic mass is 16.2. The largest absolute Gasteiger partial charge is 0.368 e. The van der Waals surface area contributed by atoms with Crippen molar-refractivity contribution in [3.63, 3.8) is 0 Å². The molecule has 38 heavy (non-hydrogen) atoms. The monoisotopic (exact) mass is 519 g/mol. The number of carbonyl (C=O) groups is 3. The molecule has 0 unspecified atom stereocenters. The van der Waals surface area contributed by atoms with E-state index in [0.29, 0.717) is 43.9 Å². The number of anilines is 2. The number of hydrogen-bond donors (Lipinski definition) is 2. The molecule has 0 aromatic heterocycles. The fraction of sp³-hybridized carbons (Fsp3) is 0.500. The van der Waals surface area contributed by atoms with Gasteiger partial charge in [0.25, 0.3) is 5.91 Å². The van der Waals surface area contributed by atoms with Gasteiger partial charge in [-0.25, -0.2) is 0 Å². The van der Waals surface area contributed by atoms with Crippen LogP contribution in [0.1, 0.15) is 49.5 Å². The second-order valence-corrected chi connectivity index (χ2v) is 11.4. The van der Waals surface area contributed by atoms with Crippen LogP contribution < -0.4 is 15.5 Å². The summed E-state index contributed by atoms with van der Waals surface area (Å²) in [6.07, 6.45) is 1.62. The summed E-state index contributed by atoms with van der Waals surface area (Å²) in [5.41, 5.74) is 2.98. The zero-order valence-corrected chi connectivity index (χ0v) is 23.0. The Morgan fingerprint density at radius 2 is 1.61 bits per heavy atom. The molecule has 2 aromatic carbocycles. The summed E-state index contributed by atoms with van der Waals surface area (Å²) in [4.78, 5) is 45.2. The fourth-order valence-electron chi connectivity index (χ4n) is 5.04. The van der Waals surface area contributed by atoms with Crippen LogP contribution in [0.4, 0.5) is 11.4 Å². The Morgan fingerprint density at radius 3 is 2.32 bits per heavy atom. The Morgan fingerprint density at radius 1 is 0.868 bits per heavy atom. The van der Waals surface area contributed by atoms with Crippen molar-refractivity contribution in [1.82, 2.24) is 15.1 Å². The van der Waals surface area contributed by atoms with Crippen LogP contribution in [0.25, 0.3) is 0 Å². The van der Waals surface area contributed by atoms with Crippen LogP contribution in [0.5, 0.6) is 0 Å². The maximum Gasteiger partial charge on any atom is 0.254 e. The van der Waals surface area contributed by atoms with Gasteiger partial charge in [-0.2, -0.15) is 0 Å². The van der Waals surface area contributed by atoms with Gasteiger partial charge in [0.1, 0.15) is 0 Å². The number of nitrogens with zero attached hydrogens (tertiary/aromatic N) is 3. The lowest BCUT2D eigenvalue weighted by Gasteiger charge is -2.29. The number of benzene rings is 2. The molecule has 2 heterocycles. The molecule has 2 saturated heterocycles. The van der Waals surface area contributed by atoms with Gasteiger partial charge in [0.05, 0.1) is 17.8 Å². The third-order valence-corrected chi connectivity index (χ3v) is 7.00. The molecule has 0 saturated carbocycles. The Bertz CT molecular complexity index is 1120. The molecule has 2 fully saturated rings. The first-order valence-corrected chi connectivity index (χ1v) is 13.7. The van der Waals surface area contributed by atoms with Crippen molar-refractivity contribution in [3.05, 3.63) is 59.7 Å². The van der Waals surface area contributed by atoms with Crippen molar-refractivity contribution < 1.29 is 14.4 Å². The van der Waals surface area contributed by atoms with Gasteiger partial charge in [-0.05, 0) is 35.6 Å². The van der Waals surface area contributed by atoms with E-state index in [2.05, 4.69) is 36.3 Å². The lowest BCUT2D eigenvalue weighted by atomic mass is 9.91. The van der Waals surface area contributed by atoms with E-state index in [1.165, 1.54) is 0 Å². The van der Waals surface area contributed by atoms with Crippen molar-refractivity contribution in [1.29, 1.82) is 0 Å². The first-order chi connectivity index (χ1) is 18.2. The van der Waals surface area contributed by atoms with E-state index in [0.717, 1.165) is 43.9 Å². The molecule has 8 heteroatoms. The smallest absolute Gasteiger partial charge is 0.254 e. The lowest BCUT2D eigenvalue weighted by molar-refractivity contribution is -0.132. The van der Waals surface area contributed by atoms with Crippen LogP contribution >= 0.6 is 0 Å². The van der Waals surface area contributed by atoms with Crippen LogP contribution in [0.2, 0.25) is 0 Å². The summed E-state index contributed by atoms with van der Waals surface area (Å²) < 4.78 is 0. The Labute approximate surface area is 226 Å². The molecule has 0 aliphatic carbocycles. The van der Waals surface area contributed by atoms with Gasteiger partial charge in [0, 0.05) is 64.3 Å². The summed E-state index contributed by atoms with van der Waals surface area (Å²) in [5, 5.41) is 6.37. The highest BCUT2D eigenvalue weighted by Gasteiger charge is 2.26. The van der Waals surface area contributed by atoms with Gasteiger partial charge in [-0.1, -0.05) is 51.1 Å². The van der Waals surface area contributed by atoms with Gasteiger partial charge in [-0.15, -0.1) is 0 Å². The SMILES string of the molecule is CC(C)(C)CC(=O)N1CCCN(c2ccc(C(=O)N3CCNCC3)cc2NC(=O)Cc2ccccc2)CC1. The topological polar surface area (TPSA) is 85.0 Å². The maximum atomic E-state index is 13.2. The van der Waals surface area contributed by atoms with E-state index in [1.807, 2.05) is 58.3 Å². The van der Waals surface area contributed by atoms with E-state index >= 15 is 0 Å². The summed E-state index contributed by atoms with van der Waals surface area (Å²) in [6.45, 7) is 11.9. The molecular weight excluding hydrogens is 478 g/mol. The van der Waals surface area contributed by atoms with E-state index in [9.17, 15) is 14.4 Å². The number of hydrogen-bond acceptors (Lipinski definition) is 5. The number of carbonyl (C=O) groups excluding carboxylic acids is 3. The number of nitrogens with one attached hydrogen (secondary N) is 2. The molecule has 8 nitrogen and oxygen atoms in total. The maximum absolute atomic E-state index is 13.2. The van der Waals surface area contributed by atoms with Crippen molar-refractivity contribution in [2.24, 2.45) is 5.41 Å². The van der Waals surface area contributed by atoms with Crippen LogP contribution in [0, 0.1) is 5.41 Å². The first kappa shape index (κ1) is 27.6. The second kappa shape index (κ2) is 12.4. The van der Waals surface area contributed by atoms with Crippen LogP contribution in [-0.2, 0) is 16.0 Å². The zero-order valence-electron chi connectivity index (χ0n) is 23.0. The fourth-order valence-corrected chi connectivity index (χ4v) is 5.04. The Kier molecular flexibility index (Phi) is 9.05. The average molecular weight is 520 g/mol. The molecule has 2 aliphatic heterocycles.